The summed E-state index contributed by atoms with van der Waals surface area (Å²) in [6.07, 6.45) is 4.58. The van der Waals surface area contributed by atoms with E-state index in [0.717, 1.165) is 30.6 Å². The lowest BCUT2D eigenvalue weighted by Gasteiger charge is -2.28. The van der Waals surface area contributed by atoms with Crippen molar-refractivity contribution in [3.05, 3.63) is 29.3 Å². The molecule has 0 N–H and O–H groups in total. The first-order valence-corrected chi connectivity index (χ1v) is 9.35. The summed E-state index contributed by atoms with van der Waals surface area (Å²) in [4.78, 5) is 12.1. The molecule has 1 aliphatic carbocycles. The molecule has 0 radical (unpaired) electrons. The van der Waals surface area contributed by atoms with E-state index in [1.165, 1.54) is 0 Å². The average molecular weight is 345 g/mol. The number of halogens is 1. The van der Waals surface area contributed by atoms with Crippen molar-refractivity contribution >= 4 is 22.4 Å². The molecule has 2 atom stereocenters. The van der Waals surface area contributed by atoms with Gasteiger partial charge in [-0.1, -0.05) is 11.6 Å². The van der Waals surface area contributed by atoms with Crippen LogP contribution in [-0.2, 0) is 25.3 Å². The topological polar surface area (TPSA) is 44.8 Å². The normalized spacial score (nSPS) is 29.4. The number of hydrogen-bond donors (Lipinski definition) is 0. The Morgan fingerprint density at radius 1 is 1.14 bits per heavy atom. The Balaban J connectivity index is 1.65. The number of rotatable bonds is 3. The summed E-state index contributed by atoms with van der Waals surface area (Å²) in [6, 6.07) is 7.07. The van der Waals surface area contributed by atoms with Gasteiger partial charge in [0.25, 0.3) is 0 Å². The fourth-order valence-corrected chi connectivity index (χ4v) is 4.36. The van der Waals surface area contributed by atoms with Gasteiger partial charge >= 0.3 is 0 Å². The number of ether oxygens (including phenoxy) is 1. The molecule has 122 valence electrons. The summed E-state index contributed by atoms with van der Waals surface area (Å²) >= 11 is 5.87. The molecule has 1 saturated heterocycles. The van der Waals surface area contributed by atoms with Gasteiger partial charge in [-0.15, -0.1) is 0 Å². The van der Waals surface area contributed by atoms with Crippen LogP contribution in [-0.4, -0.2) is 28.0 Å². The van der Waals surface area contributed by atoms with Gasteiger partial charge in [0, 0.05) is 29.2 Å². The average Bonchev–Trinajstić information content (AvgIpc) is 2.88. The lowest BCUT2D eigenvalue weighted by Crippen LogP contribution is -2.37. The molecular formula is C16H21ClO4S. The van der Waals surface area contributed by atoms with Crippen molar-refractivity contribution in [1.82, 2.24) is 0 Å². The van der Waals surface area contributed by atoms with E-state index < -0.39 is 22.2 Å². The second kappa shape index (κ2) is 6.57. The fourth-order valence-electron chi connectivity index (χ4n) is 2.88. The van der Waals surface area contributed by atoms with Gasteiger partial charge in [-0.25, -0.2) is 9.78 Å². The summed E-state index contributed by atoms with van der Waals surface area (Å²) in [5.74, 6) is -0.215. The lowest BCUT2D eigenvalue weighted by molar-refractivity contribution is -0.441. The predicted octanol–water partition coefficient (Wildman–Crippen LogP) is 3.85. The molecule has 1 aliphatic heterocycles. The van der Waals surface area contributed by atoms with Crippen LogP contribution in [0.25, 0.3) is 0 Å². The maximum absolute atomic E-state index is 12.5. The van der Waals surface area contributed by atoms with Crippen LogP contribution in [0.4, 0.5) is 0 Å². The molecule has 0 amide bonds. The lowest BCUT2D eigenvalue weighted by atomic mass is 10.1. The minimum Gasteiger partial charge on any atom is -0.347 e. The van der Waals surface area contributed by atoms with Gasteiger partial charge in [-0.2, -0.15) is 0 Å². The van der Waals surface area contributed by atoms with Crippen molar-refractivity contribution in [2.45, 2.75) is 55.3 Å². The van der Waals surface area contributed by atoms with E-state index in [-0.39, 0.29) is 0 Å². The second-order valence-corrected chi connectivity index (χ2v) is 8.16. The Hall–Kier alpha value is -0.460. The SMILES string of the molecule is CC1(CS(=O)c2ccc(Cl)cc2)CCOC2(CCCC2)OO1. The van der Waals surface area contributed by atoms with E-state index in [4.69, 9.17) is 26.1 Å². The standard InChI is InChI=1S/C16H21ClO4S/c1-15(12-22(18)14-6-4-13(17)5-7-14)10-11-19-16(21-20-15)8-2-3-9-16/h4-7H,2-3,8-12H2,1H3. The van der Waals surface area contributed by atoms with Crippen LogP contribution in [0.5, 0.6) is 0 Å². The monoisotopic (exact) mass is 344 g/mol. The maximum atomic E-state index is 12.5. The molecule has 1 heterocycles. The van der Waals surface area contributed by atoms with Crippen molar-refractivity contribution in [2.75, 3.05) is 12.4 Å². The fraction of sp³-hybridized carbons (Fsp3) is 0.625. The molecule has 1 aromatic carbocycles. The first-order valence-electron chi connectivity index (χ1n) is 7.65. The van der Waals surface area contributed by atoms with Crippen LogP contribution in [0, 0.1) is 0 Å². The highest BCUT2D eigenvalue weighted by Crippen LogP contribution is 2.39. The van der Waals surface area contributed by atoms with E-state index >= 15 is 0 Å². The molecule has 2 unspecified atom stereocenters. The molecule has 1 spiro atoms. The first-order chi connectivity index (χ1) is 10.5. The quantitative estimate of drug-likeness (QED) is 0.781. The van der Waals surface area contributed by atoms with Crippen LogP contribution < -0.4 is 0 Å². The Labute approximate surface area is 138 Å². The van der Waals surface area contributed by atoms with Crippen molar-refractivity contribution < 1.29 is 18.7 Å². The van der Waals surface area contributed by atoms with Crippen LogP contribution in [0.3, 0.4) is 0 Å². The van der Waals surface area contributed by atoms with Crippen LogP contribution in [0.1, 0.15) is 39.0 Å². The van der Waals surface area contributed by atoms with Crippen LogP contribution >= 0.6 is 11.6 Å². The van der Waals surface area contributed by atoms with E-state index in [0.29, 0.717) is 23.8 Å². The third-order valence-corrected chi connectivity index (χ3v) is 6.19. The van der Waals surface area contributed by atoms with Crippen LogP contribution in [0.15, 0.2) is 29.2 Å². The van der Waals surface area contributed by atoms with E-state index in [1.807, 2.05) is 6.92 Å². The van der Waals surface area contributed by atoms with E-state index in [1.54, 1.807) is 24.3 Å². The van der Waals surface area contributed by atoms with Crippen LogP contribution in [0.2, 0.25) is 5.02 Å². The molecule has 4 nitrogen and oxygen atoms in total. The molecule has 2 aliphatic rings. The summed E-state index contributed by atoms with van der Waals surface area (Å²) in [7, 11) is -1.17. The Kier molecular flexibility index (Phi) is 4.90. The van der Waals surface area contributed by atoms with Gasteiger partial charge in [-0.3, -0.25) is 4.21 Å². The smallest absolute Gasteiger partial charge is 0.201 e. The minimum absolute atomic E-state index is 0.369. The highest BCUT2D eigenvalue weighted by molar-refractivity contribution is 7.85. The van der Waals surface area contributed by atoms with Gasteiger partial charge in [0.05, 0.1) is 23.2 Å². The molecule has 22 heavy (non-hydrogen) atoms. The van der Waals surface area contributed by atoms with Gasteiger partial charge in [0.15, 0.2) is 0 Å². The zero-order chi connectivity index (χ0) is 15.6. The maximum Gasteiger partial charge on any atom is 0.201 e. The van der Waals surface area contributed by atoms with Gasteiger partial charge < -0.3 is 4.74 Å². The molecule has 3 rings (SSSR count). The zero-order valence-electron chi connectivity index (χ0n) is 12.7. The van der Waals surface area contributed by atoms with E-state index in [2.05, 4.69) is 0 Å². The molecule has 2 fully saturated rings. The Bertz CT molecular complexity index is 542. The van der Waals surface area contributed by atoms with Gasteiger partial charge in [-0.05, 0) is 44.0 Å². The highest BCUT2D eigenvalue weighted by atomic mass is 35.5. The summed E-state index contributed by atoms with van der Waals surface area (Å²) < 4.78 is 18.4. The molecule has 6 heteroatoms. The molecule has 1 saturated carbocycles. The highest BCUT2D eigenvalue weighted by Gasteiger charge is 2.43. The van der Waals surface area contributed by atoms with Gasteiger partial charge in [0.1, 0.15) is 5.60 Å². The number of hydrogen-bond acceptors (Lipinski definition) is 4. The summed E-state index contributed by atoms with van der Waals surface area (Å²) in [6.45, 7) is 2.49. The third-order valence-electron chi connectivity index (χ3n) is 4.27. The first kappa shape index (κ1) is 16.4. The van der Waals surface area contributed by atoms with Gasteiger partial charge in [0.2, 0.25) is 5.79 Å². The Morgan fingerprint density at radius 2 is 1.82 bits per heavy atom. The van der Waals surface area contributed by atoms with Crippen molar-refractivity contribution in [1.29, 1.82) is 0 Å². The molecule has 0 bridgehead atoms. The van der Waals surface area contributed by atoms with Crippen molar-refractivity contribution in [3.63, 3.8) is 0 Å². The molecule has 1 aromatic rings. The number of benzene rings is 1. The largest absolute Gasteiger partial charge is 0.347 e. The van der Waals surface area contributed by atoms with Crippen molar-refractivity contribution in [3.8, 4) is 0 Å². The summed E-state index contributed by atoms with van der Waals surface area (Å²) in [5.41, 5.74) is -0.614. The Morgan fingerprint density at radius 3 is 2.50 bits per heavy atom. The third kappa shape index (κ3) is 3.71. The zero-order valence-corrected chi connectivity index (χ0v) is 14.3. The summed E-state index contributed by atoms with van der Waals surface area (Å²) in [5, 5.41) is 0.637. The second-order valence-electron chi connectivity index (χ2n) is 6.28. The van der Waals surface area contributed by atoms with Crippen molar-refractivity contribution in [2.24, 2.45) is 0 Å². The molecular weight excluding hydrogens is 324 g/mol. The minimum atomic E-state index is -1.17. The van der Waals surface area contributed by atoms with E-state index in [9.17, 15) is 4.21 Å². The molecule has 0 aromatic heterocycles. The predicted molar refractivity (Wildman–Crippen MR) is 85.1 cm³/mol.